The Morgan fingerprint density at radius 1 is 1.10 bits per heavy atom. The van der Waals surface area contributed by atoms with E-state index in [0.717, 1.165) is 30.4 Å². The number of carbonyl (C=O) groups excluding carboxylic acids is 1. The van der Waals surface area contributed by atoms with E-state index in [-0.39, 0.29) is 17.2 Å². The highest BCUT2D eigenvalue weighted by atomic mass is 32.2. The van der Waals surface area contributed by atoms with E-state index in [1.54, 1.807) is 12.1 Å². The molecule has 1 saturated heterocycles. The highest BCUT2D eigenvalue weighted by molar-refractivity contribution is 7.89. The van der Waals surface area contributed by atoms with E-state index in [1.165, 1.54) is 10.4 Å². The molecule has 1 heterocycles. The fraction of sp³-hybridized carbons (Fsp3) is 0.409. The Labute approximate surface area is 172 Å². The molecule has 1 aliphatic rings. The van der Waals surface area contributed by atoms with Crippen LogP contribution in [0.25, 0.3) is 0 Å². The first-order valence-corrected chi connectivity index (χ1v) is 11.5. The molecule has 1 N–H and O–H groups in total. The maximum absolute atomic E-state index is 13.2. The van der Waals surface area contributed by atoms with Crippen molar-refractivity contribution in [2.45, 2.75) is 44.4 Å². The summed E-state index contributed by atoms with van der Waals surface area (Å²) in [6.07, 6.45) is 2.99. The van der Waals surface area contributed by atoms with Crippen LogP contribution < -0.4 is 10.1 Å². The molecule has 1 amide bonds. The largest absolute Gasteiger partial charge is 0.492 e. The van der Waals surface area contributed by atoms with E-state index < -0.39 is 10.0 Å². The van der Waals surface area contributed by atoms with Crippen LogP contribution in [0.4, 0.5) is 5.69 Å². The maximum atomic E-state index is 13.2. The lowest BCUT2D eigenvalue weighted by atomic mass is 10.1. The second-order valence-electron chi connectivity index (χ2n) is 7.21. The van der Waals surface area contributed by atoms with Crippen LogP contribution in [0.2, 0.25) is 0 Å². The Kier molecular flexibility index (Phi) is 6.92. The first kappa shape index (κ1) is 21.3. The number of nitrogens with zero attached hydrogens (tertiary/aromatic N) is 1. The Morgan fingerprint density at radius 3 is 2.52 bits per heavy atom. The van der Waals surface area contributed by atoms with Crippen LogP contribution >= 0.6 is 0 Å². The third-order valence-corrected chi connectivity index (χ3v) is 6.99. The first-order chi connectivity index (χ1) is 13.9. The van der Waals surface area contributed by atoms with Gasteiger partial charge in [0.1, 0.15) is 10.6 Å². The molecule has 7 heteroatoms. The van der Waals surface area contributed by atoms with Gasteiger partial charge in [-0.25, -0.2) is 8.42 Å². The number of rotatable bonds is 7. The lowest BCUT2D eigenvalue weighted by molar-refractivity contribution is -0.115. The summed E-state index contributed by atoms with van der Waals surface area (Å²) in [6.45, 7) is 5.16. The van der Waals surface area contributed by atoms with Gasteiger partial charge in [0.2, 0.25) is 15.9 Å². The molecule has 0 bridgehead atoms. The third kappa shape index (κ3) is 5.16. The molecule has 3 rings (SSSR count). The van der Waals surface area contributed by atoms with E-state index in [0.29, 0.717) is 31.1 Å². The Balaban J connectivity index is 1.84. The van der Waals surface area contributed by atoms with Gasteiger partial charge in [-0.05, 0) is 56.0 Å². The molecule has 2 aromatic rings. The van der Waals surface area contributed by atoms with Gasteiger partial charge in [0.25, 0.3) is 0 Å². The Hall–Kier alpha value is -2.38. The summed E-state index contributed by atoms with van der Waals surface area (Å²) in [5.74, 6) is 0.125. The Morgan fingerprint density at radius 2 is 1.83 bits per heavy atom. The number of benzene rings is 2. The van der Waals surface area contributed by atoms with Gasteiger partial charge in [0.15, 0.2) is 0 Å². The Bertz CT molecular complexity index is 967. The van der Waals surface area contributed by atoms with Gasteiger partial charge in [0, 0.05) is 18.8 Å². The van der Waals surface area contributed by atoms with Gasteiger partial charge in [-0.3, -0.25) is 4.79 Å². The number of aryl methyl sites for hydroxylation is 1. The number of amides is 1. The minimum absolute atomic E-state index is 0.106. The summed E-state index contributed by atoms with van der Waals surface area (Å²) in [6, 6.07) is 12.5. The highest BCUT2D eigenvalue weighted by Crippen LogP contribution is 2.31. The maximum Gasteiger partial charge on any atom is 0.246 e. The van der Waals surface area contributed by atoms with E-state index >= 15 is 0 Å². The van der Waals surface area contributed by atoms with Crippen LogP contribution in [0.5, 0.6) is 5.75 Å². The summed E-state index contributed by atoms with van der Waals surface area (Å²) >= 11 is 0. The molecule has 0 atom stereocenters. The number of hydrogen-bond acceptors (Lipinski definition) is 4. The SMILES string of the molecule is CCOc1ccc(NC(=O)Cc2ccccc2C)cc1S(=O)(=O)N1CCCCC1. The molecule has 1 aliphatic heterocycles. The van der Waals surface area contributed by atoms with Crippen molar-refractivity contribution in [3.63, 3.8) is 0 Å². The topological polar surface area (TPSA) is 75.7 Å². The molecule has 2 aromatic carbocycles. The van der Waals surface area contributed by atoms with Crippen LogP contribution in [0.1, 0.15) is 37.3 Å². The monoisotopic (exact) mass is 416 g/mol. The van der Waals surface area contributed by atoms with Crippen LogP contribution in [0, 0.1) is 6.92 Å². The zero-order valence-corrected chi connectivity index (χ0v) is 17.8. The smallest absolute Gasteiger partial charge is 0.246 e. The first-order valence-electron chi connectivity index (χ1n) is 10.0. The fourth-order valence-corrected chi connectivity index (χ4v) is 5.17. The zero-order chi connectivity index (χ0) is 20.9. The number of hydrogen-bond donors (Lipinski definition) is 1. The van der Waals surface area contributed by atoms with Crippen molar-refractivity contribution >= 4 is 21.6 Å². The second-order valence-corrected chi connectivity index (χ2v) is 9.12. The van der Waals surface area contributed by atoms with Crippen LogP contribution in [-0.4, -0.2) is 38.3 Å². The summed E-state index contributed by atoms with van der Waals surface area (Å²) in [5.41, 5.74) is 2.43. The lowest BCUT2D eigenvalue weighted by Gasteiger charge is -2.27. The van der Waals surface area contributed by atoms with Crippen molar-refractivity contribution in [1.29, 1.82) is 0 Å². The van der Waals surface area contributed by atoms with Crippen molar-refractivity contribution in [3.05, 3.63) is 53.6 Å². The molecule has 0 unspecified atom stereocenters. The van der Waals surface area contributed by atoms with E-state index in [1.807, 2.05) is 38.1 Å². The van der Waals surface area contributed by atoms with E-state index in [4.69, 9.17) is 4.74 Å². The quantitative estimate of drug-likeness (QED) is 0.746. The van der Waals surface area contributed by atoms with Crippen molar-refractivity contribution in [3.8, 4) is 5.75 Å². The van der Waals surface area contributed by atoms with Crippen molar-refractivity contribution in [2.75, 3.05) is 25.0 Å². The number of nitrogens with one attached hydrogen (secondary N) is 1. The normalized spacial score (nSPS) is 15.1. The molecular formula is C22H28N2O4S. The van der Waals surface area contributed by atoms with Crippen molar-refractivity contribution in [2.24, 2.45) is 0 Å². The average molecular weight is 417 g/mol. The number of carbonyl (C=O) groups is 1. The third-order valence-electron chi connectivity index (χ3n) is 5.07. The van der Waals surface area contributed by atoms with Gasteiger partial charge in [0.05, 0.1) is 13.0 Å². The molecule has 156 valence electrons. The molecule has 1 fully saturated rings. The highest BCUT2D eigenvalue weighted by Gasteiger charge is 2.29. The summed E-state index contributed by atoms with van der Waals surface area (Å²) in [5, 5.41) is 2.82. The zero-order valence-electron chi connectivity index (χ0n) is 17.0. The van der Waals surface area contributed by atoms with Gasteiger partial charge < -0.3 is 10.1 Å². The van der Waals surface area contributed by atoms with Gasteiger partial charge in [-0.15, -0.1) is 0 Å². The number of piperidine rings is 1. The number of sulfonamides is 1. The lowest BCUT2D eigenvalue weighted by Crippen LogP contribution is -2.35. The summed E-state index contributed by atoms with van der Waals surface area (Å²) in [4.78, 5) is 12.6. The van der Waals surface area contributed by atoms with E-state index in [9.17, 15) is 13.2 Å². The predicted octanol–water partition coefficient (Wildman–Crippen LogP) is 3.75. The predicted molar refractivity (Wildman–Crippen MR) is 114 cm³/mol. The molecule has 0 spiro atoms. The average Bonchev–Trinajstić information content (AvgIpc) is 2.71. The van der Waals surface area contributed by atoms with Gasteiger partial charge in [-0.2, -0.15) is 4.31 Å². The summed E-state index contributed by atoms with van der Waals surface area (Å²) < 4.78 is 33.5. The second kappa shape index (κ2) is 9.41. The van der Waals surface area contributed by atoms with Crippen LogP contribution in [0.15, 0.2) is 47.4 Å². The van der Waals surface area contributed by atoms with Gasteiger partial charge >= 0.3 is 0 Å². The minimum Gasteiger partial charge on any atom is -0.492 e. The molecule has 0 aliphatic carbocycles. The van der Waals surface area contributed by atoms with Gasteiger partial charge in [-0.1, -0.05) is 30.7 Å². The molecule has 29 heavy (non-hydrogen) atoms. The van der Waals surface area contributed by atoms with Crippen LogP contribution in [0.3, 0.4) is 0 Å². The molecular weight excluding hydrogens is 388 g/mol. The molecule has 0 aromatic heterocycles. The molecule has 6 nitrogen and oxygen atoms in total. The summed E-state index contributed by atoms with van der Waals surface area (Å²) in [7, 11) is -3.68. The molecule has 0 radical (unpaired) electrons. The van der Waals surface area contributed by atoms with Crippen molar-refractivity contribution < 1.29 is 17.9 Å². The number of ether oxygens (including phenoxy) is 1. The number of anilines is 1. The minimum atomic E-state index is -3.68. The van der Waals surface area contributed by atoms with Crippen molar-refractivity contribution in [1.82, 2.24) is 4.31 Å². The van der Waals surface area contributed by atoms with E-state index in [2.05, 4.69) is 5.32 Å². The standard InChI is InChI=1S/C22H28N2O4S/c1-3-28-20-12-11-19(23-22(25)15-18-10-6-5-9-17(18)2)16-21(20)29(26,27)24-13-7-4-8-14-24/h5-6,9-12,16H,3-4,7-8,13-15H2,1-2H3,(H,23,25). The fourth-order valence-electron chi connectivity index (χ4n) is 3.49. The van der Waals surface area contributed by atoms with Crippen LogP contribution in [-0.2, 0) is 21.2 Å². The molecule has 0 saturated carbocycles.